The second kappa shape index (κ2) is 8.04. The maximum Gasteiger partial charge on any atom is 0.134 e. The zero-order chi connectivity index (χ0) is 17.8. The molecule has 1 aromatic carbocycles. The number of rotatable bonds is 4. The van der Waals surface area contributed by atoms with Crippen molar-refractivity contribution in [2.45, 2.75) is 26.3 Å². The van der Waals surface area contributed by atoms with Crippen molar-refractivity contribution in [2.75, 3.05) is 49.1 Å². The predicted molar refractivity (Wildman–Crippen MR) is 107 cm³/mol. The van der Waals surface area contributed by atoms with Gasteiger partial charge >= 0.3 is 0 Å². The third-order valence-corrected chi connectivity index (χ3v) is 5.56. The standard InChI is InChI=1S/C21H29N5/c1-18-6-5-9-26(15-18)21-14-20(22-17-23-21)25-12-10-24(11-13-25)16-19-7-3-2-4-8-19/h2-4,7-8,14,17-18H,5-6,9-13,15-16H2,1H3. The van der Waals surface area contributed by atoms with E-state index in [0.29, 0.717) is 0 Å². The van der Waals surface area contributed by atoms with Crippen LogP contribution < -0.4 is 9.80 Å². The normalized spacial score (nSPS) is 21.8. The Morgan fingerprint density at radius 1 is 0.923 bits per heavy atom. The first kappa shape index (κ1) is 17.3. The third kappa shape index (κ3) is 4.15. The second-order valence-corrected chi connectivity index (χ2v) is 7.68. The first-order chi connectivity index (χ1) is 12.8. The van der Waals surface area contributed by atoms with E-state index in [1.165, 1.54) is 18.4 Å². The lowest BCUT2D eigenvalue weighted by molar-refractivity contribution is 0.249. The van der Waals surface area contributed by atoms with Gasteiger partial charge in [-0.1, -0.05) is 37.3 Å². The summed E-state index contributed by atoms with van der Waals surface area (Å²) in [5.74, 6) is 2.92. The topological polar surface area (TPSA) is 35.5 Å². The van der Waals surface area contributed by atoms with Gasteiger partial charge in [0.1, 0.15) is 18.0 Å². The molecule has 1 aromatic heterocycles. The molecule has 0 bridgehead atoms. The Morgan fingerprint density at radius 3 is 2.38 bits per heavy atom. The van der Waals surface area contributed by atoms with Crippen LogP contribution in [0.2, 0.25) is 0 Å². The van der Waals surface area contributed by atoms with Crippen LogP contribution in [0, 0.1) is 5.92 Å². The molecule has 1 atom stereocenters. The molecule has 2 aliphatic heterocycles. The zero-order valence-electron chi connectivity index (χ0n) is 15.7. The van der Waals surface area contributed by atoms with Gasteiger partial charge in [0.05, 0.1) is 0 Å². The molecule has 0 spiro atoms. The number of anilines is 2. The molecule has 0 radical (unpaired) electrons. The lowest BCUT2D eigenvalue weighted by Gasteiger charge is -2.36. The van der Waals surface area contributed by atoms with Crippen LogP contribution in [0.4, 0.5) is 11.6 Å². The quantitative estimate of drug-likeness (QED) is 0.846. The van der Waals surface area contributed by atoms with Gasteiger partial charge in [0.15, 0.2) is 0 Å². The monoisotopic (exact) mass is 351 g/mol. The summed E-state index contributed by atoms with van der Waals surface area (Å²) in [6, 6.07) is 12.9. The molecule has 2 aliphatic rings. The number of piperazine rings is 1. The van der Waals surface area contributed by atoms with Gasteiger partial charge < -0.3 is 9.80 Å². The molecule has 5 heteroatoms. The summed E-state index contributed by atoms with van der Waals surface area (Å²) in [5.41, 5.74) is 1.39. The van der Waals surface area contributed by atoms with Crippen molar-refractivity contribution >= 4 is 11.6 Å². The molecule has 1 unspecified atom stereocenters. The molecule has 3 heterocycles. The number of hydrogen-bond donors (Lipinski definition) is 0. The Balaban J connectivity index is 1.36. The van der Waals surface area contributed by atoms with Crippen LogP contribution in [-0.2, 0) is 6.54 Å². The van der Waals surface area contributed by atoms with Gasteiger partial charge in [-0.25, -0.2) is 9.97 Å². The van der Waals surface area contributed by atoms with Crippen molar-refractivity contribution in [1.29, 1.82) is 0 Å². The number of hydrogen-bond acceptors (Lipinski definition) is 5. The molecule has 2 aromatic rings. The minimum atomic E-state index is 0.753. The summed E-state index contributed by atoms with van der Waals surface area (Å²) >= 11 is 0. The van der Waals surface area contributed by atoms with E-state index in [4.69, 9.17) is 0 Å². The highest BCUT2D eigenvalue weighted by Crippen LogP contribution is 2.24. The van der Waals surface area contributed by atoms with Crippen molar-refractivity contribution < 1.29 is 0 Å². The average molecular weight is 351 g/mol. The van der Waals surface area contributed by atoms with Gasteiger partial charge in [0.2, 0.25) is 0 Å². The van der Waals surface area contributed by atoms with Gasteiger partial charge in [0.25, 0.3) is 0 Å². The van der Waals surface area contributed by atoms with Crippen LogP contribution in [0.3, 0.4) is 0 Å². The molecule has 0 N–H and O–H groups in total. The van der Waals surface area contributed by atoms with Gasteiger partial charge in [-0.2, -0.15) is 0 Å². The summed E-state index contributed by atoms with van der Waals surface area (Å²) < 4.78 is 0. The predicted octanol–water partition coefficient (Wildman–Crippen LogP) is 3.04. The summed E-state index contributed by atoms with van der Waals surface area (Å²) in [6.45, 7) is 9.81. The summed E-state index contributed by atoms with van der Waals surface area (Å²) in [7, 11) is 0. The smallest absolute Gasteiger partial charge is 0.134 e. The Morgan fingerprint density at radius 2 is 1.65 bits per heavy atom. The van der Waals surface area contributed by atoms with E-state index < -0.39 is 0 Å². The van der Waals surface area contributed by atoms with Gasteiger partial charge in [0, 0.05) is 51.9 Å². The fraction of sp³-hybridized carbons (Fsp3) is 0.524. The van der Waals surface area contributed by atoms with Crippen molar-refractivity contribution in [1.82, 2.24) is 14.9 Å². The number of aromatic nitrogens is 2. The van der Waals surface area contributed by atoms with E-state index in [-0.39, 0.29) is 0 Å². The maximum absolute atomic E-state index is 4.56. The summed E-state index contributed by atoms with van der Waals surface area (Å²) in [5, 5.41) is 0. The molecular formula is C21H29N5. The largest absolute Gasteiger partial charge is 0.356 e. The molecule has 0 aliphatic carbocycles. The van der Waals surface area contributed by atoms with Crippen LogP contribution in [0.5, 0.6) is 0 Å². The van der Waals surface area contributed by atoms with Gasteiger partial charge in [-0.05, 0) is 24.3 Å². The van der Waals surface area contributed by atoms with Crippen molar-refractivity contribution in [3.63, 3.8) is 0 Å². The molecule has 0 amide bonds. The average Bonchev–Trinajstić information content (AvgIpc) is 2.69. The third-order valence-electron chi connectivity index (χ3n) is 5.56. The molecule has 4 rings (SSSR count). The van der Waals surface area contributed by atoms with Crippen molar-refractivity contribution in [3.05, 3.63) is 48.3 Å². The zero-order valence-corrected chi connectivity index (χ0v) is 15.7. The van der Waals surface area contributed by atoms with Crippen LogP contribution in [0.15, 0.2) is 42.7 Å². The molecule has 2 fully saturated rings. The van der Waals surface area contributed by atoms with Crippen LogP contribution >= 0.6 is 0 Å². The number of benzene rings is 1. The molecule has 2 saturated heterocycles. The fourth-order valence-electron chi connectivity index (χ4n) is 4.06. The van der Waals surface area contributed by atoms with E-state index in [0.717, 1.165) is 63.4 Å². The van der Waals surface area contributed by atoms with E-state index in [2.05, 4.69) is 68.0 Å². The molecule has 0 saturated carbocycles. The van der Waals surface area contributed by atoms with E-state index >= 15 is 0 Å². The number of nitrogens with zero attached hydrogens (tertiary/aromatic N) is 5. The summed E-state index contributed by atoms with van der Waals surface area (Å²) in [6.07, 6.45) is 4.33. The highest BCUT2D eigenvalue weighted by atomic mass is 15.3. The molecule has 138 valence electrons. The Bertz CT molecular complexity index is 697. The van der Waals surface area contributed by atoms with Crippen molar-refractivity contribution in [2.24, 2.45) is 5.92 Å². The molecular weight excluding hydrogens is 322 g/mol. The first-order valence-corrected chi connectivity index (χ1v) is 9.86. The van der Waals surface area contributed by atoms with Crippen molar-refractivity contribution in [3.8, 4) is 0 Å². The number of piperidine rings is 1. The molecule has 26 heavy (non-hydrogen) atoms. The highest BCUT2D eigenvalue weighted by molar-refractivity contribution is 5.50. The Labute approximate surface area is 156 Å². The van der Waals surface area contributed by atoms with E-state index in [1.807, 2.05) is 0 Å². The van der Waals surface area contributed by atoms with Crippen LogP contribution in [-0.4, -0.2) is 54.1 Å². The van der Waals surface area contributed by atoms with Gasteiger partial charge in [-0.3, -0.25) is 4.90 Å². The lowest BCUT2D eigenvalue weighted by Crippen LogP contribution is -2.46. The lowest BCUT2D eigenvalue weighted by atomic mass is 10.0. The van der Waals surface area contributed by atoms with Crippen LogP contribution in [0.25, 0.3) is 0 Å². The summed E-state index contributed by atoms with van der Waals surface area (Å²) in [4.78, 5) is 16.4. The highest BCUT2D eigenvalue weighted by Gasteiger charge is 2.21. The second-order valence-electron chi connectivity index (χ2n) is 7.68. The Kier molecular flexibility index (Phi) is 5.34. The molecule has 5 nitrogen and oxygen atoms in total. The maximum atomic E-state index is 4.56. The minimum Gasteiger partial charge on any atom is -0.356 e. The van der Waals surface area contributed by atoms with E-state index in [1.54, 1.807) is 6.33 Å². The minimum absolute atomic E-state index is 0.753. The van der Waals surface area contributed by atoms with Gasteiger partial charge in [-0.15, -0.1) is 0 Å². The van der Waals surface area contributed by atoms with Crippen LogP contribution in [0.1, 0.15) is 25.3 Å². The first-order valence-electron chi connectivity index (χ1n) is 9.86. The fourth-order valence-corrected chi connectivity index (χ4v) is 4.06. The van der Waals surface area contributed by atoms with E-state index in [9.17, 15) is 0 Å². The Hall–Kier alpha value is -2.14. The SMILES string of the molecule is CC1CCCN(c2cc(N3CCN(Cc4ccccc4)CC3)ncn2)C1.